The number of benzene rings is 1. The fourth-order valence-corrected chi connectivity index (χ4v) is 2.56. The largest absolute Gasteiger partial charge is 0.397 e. The van der Waals surface area contributed by atoms with Crippen molar-refractivity contribution < 1.29 is 0 Å². The Morgan fingerprint density at radius 2 is 2.12 bits per heavy atom. The lowest BCUT2D eigenvalue weighted by Crippen LogP contribution is -2.33. The smallest absolute Gasteiger partial charge is 0.0617 e. The zero-order valence-corrected chi connectivity index (χ0v) is 10.5. The van der Waals surface area contributed by atoms with Gasteiger partial charge in [0.05, 0.1) is 11.4 Å². The lowest BCUT2D eigenvalue weighted by atomic mass is 10.1. The third kappa shape index (κ3) is 2.43. The van der Waals surface area contributed by atoms with Gasteiger partial charge in [0, 0.05) is 17.6 Å². The summed E-state index contributed by atoms with van der Waals surface area (Å²) in [5.74, 6) is 0. The Balaban J connectivity index is 2.29. The fraction of sp³-hybridized carbons (Fsp3) is 0.538. The summed E-state index contributed by atoms with van der Waals surface area (Å²) in [5.41, 5.74) is 7.96. The maximum atomic E-state index is 6.04. The number of nitrogens with two attached hydrogens (primary N) is 1. The Morgan fingerprint density at radius 3 is 2.94 bits per heavy atom. The van der Waals surface area contributed by atoms with Gasteiger partial charge in [0.2, 0.25) is 0 Å². The van der Waals surface area contributed by atoms with Gasteiger partial charge in [-0.3, -0.25) is 0 Å². The molecule has 88 valence electrons. The van der Waals surface area contributed by atoms with Crippen molar-refractivity contribution in [3.63, 3.8) is 0 Å². The van der Waals surface area contributed by atoms with E-state index in [0.717, 1.165) is 22.9 Å². The lowest BCUT2D eigenvalue weighted by molar-refractivity contribution is 0.617. The molecule has 2 nitrogen and oxygen atoms in total. The van der Waals surface area contributed by atoms with Crippen LogP contribution < -0.4 is 10.6 Å². The van der Waals surface area contributed by atoms with Crippen LogP contribution in [0, 0.1) is 0 Å². The molecule has 1 fully saturated rings. The first-order chi connectivity index (χ1) is 7.68. The average molecular weight is 239 g/mol. The van der Waals surface area contributed by atoms with Crippen LogP contribution in [-0.4, -0.2) is 12.6 Å². The second-order valence-electron chi connectivity index (χ2n) is 4.59. The Morgan fingerprint density at radius 1 is 1.31 bits per heavy atom. The average Bonchev–Trinajstić information content (AvgIpc) is 2.47. The molecular formula is C13H19ClN2. The van der Waals surface area contributed by atoms with Crippen molar-refractivity contribution >= 4 is 23.0 Å². The van der Waals surface area contributed by atoms with Crippen molar-refractivity contribution in [2.24, 2.45) is 0 Å². The van der Waals surface area contributed by atoms with Crippen LogP contribution in [-0.2, 0) is 0 Å². The van der Waals surface area contributed by atoms with Gasteiger partial charge in [-0.15, -0.1) is 0 Å². The summed E-state index contributed by atoms with van der Waals surface area (Å²) in [6, 6.07) is 6.29. The van der Waals surface area contributed by atoms with Gasteiger partial charge >= 0.3 is 0 Å². The second-order valence-corrected chi connectivity index (χ2v) is 5.03. The van der Waals surface area contributed by atoms with Crippen molar-refractivity contribution in [1.29, 1.82) is 0 Å². The first-order valence-electron chi connectivity index (χ1n) is 6.00. The third-order valence-corrected chi connectivity index (χ3v) is 3.59. The van der Waals surface area contributed by atoms with Crippen molar-refractivity contribution in [3.05, 3.63) is 23.2 Å². The Hall–Kier alpha value is -0.890. The molecule has 1 atom stereocenters. The minimum absolute atomic E-state index is 0.559. The van der Waals surface area contributed by atoms with Crippen LogP contribution in [0.1, 0.15) is 32.6 Å². The molecule has 0 saturated carbocycles. The lowest BCUT2D eigenvalue weighted by Gasteiger charge is -2.30. The number of hydrogen-bond donors (Lipinski definition) is 1. The maximum absolute atomic E-state index is 6.04. The van der Waals surface area contributed by atoms with Crippen molar-refractivity contribution in [3.8, 4) is 0 Å². The maximum Gasteiger partial charge on any atom is 0.0617 e. The molecule has 2 rings (SSSR count). The van der Waals surface area contributed by atoms with Gasteiger partial charge in [0.25, 0.3) is 0 Å². The fourth-order valence-electron chi connectivity index (χ4n) is 2.40. The Bertz CT molecular complexity index is 365. The molecule has 1 unspecified atom stereocenters. The van der Waals surface area contributed by atoms with Gasteiger partial charge in [-0.1, -0.05) is 24.4 Å². The summed E-state index contributed by atoms with van der Waals surface area (Å²) in [4.78, 5) is 2.40. The zero-order chi connectivity index (χ0) is 11.5. The monoisotopic (exact) mass is 238 g/mol. The SMILES string of the molecule is CC1CCCCCN1c1cc(Cl)ccc1N. The number of rotatable bonds is 1. The van der Waals surface area contributed by atoms with Crippen LogP contribution in [0.2, 0.25) is 5.02 Å². The number of halogens is 1. The predicted octanol–water partition coefficient (Wildman–Crippen LogP) is 3.69. The molecule has 0 amide bonds. The third-order valence-electron chi connectivity index (χ3n) is 3.35. The van der Waals surface area contributed by atoms with E-state index in [9.17, 15) is 0 Å². The summed E-state index contributed by atoms with van der Waals surface area (Å²) in [7, 11) is 0. The number of nitrogens with zero attached hydrogens (tertiary/aromatic N) is 1. The van der Waals surface area contributed by atoms with Gasteiger partial charge in [0.1, 0.15) is 0 Å². The van der Waals surface area contributed by atoms with E-state index in [4.69, 9.17) is 17.3 Å². The van der Waals surface area contributed by atoms with Gasteiger partial charge in [0.15, 0.2) is 0 Å². The van der Waals surface area contributed by atoms with E-state index in [1.54, 1.807) is 0 Å². The van der Waals surface area contributed by atoms with Gasteiger partial charge in [-0.25, -0.2) is 0 Å². The topological polar surface area (TPSA) is 29.3 Å². The molecule has 1 heterocycles. The highest BCUT2D eigenvalue weighted by Crippen LogP contribution is 2.31. The first kappa shape index (κ1) is 11.6. The highest BCUT2D eigenvalue weighted by Gasteiger charge is 2.19. The minimum Gasteiger partial charge on any atom is -0.397 e. The summed E-state index contributed by atoms with van der Waals surface area (Å²) in [6.07, 6.45) is 5.13. The van der Waals surface area contributed by atoms with E-state index < -0.39 is 0 Å². The van der Waals surface area contributed by atoms with Crippen LogP contribution in [0.3, 0.4) is 0 Å². The summed E-state index contributed by atoms with van der Waals surface area (Å²) < 4.78 is 0. The summed E-state index contributed by atoms with van der Waals surface area (Å²) in [6.45, 7) is 3.36. The van der Waals surface area contributed by atoms with E-state index >= 15 is 0 Å². The summed E-state index contributed by atoms with van der Waals surface area (Å²) in [5, 5.41) is 0.764. The van der Waals surface area contributed by atoms with Crippen molar-refractivity contribution in [2.45, 2.75) is 38.6 Å². The molecule has 1 aromatic carbocycles. The zero-order valence-electron chi connectivity index (χ0n) is 9.75. The predicted molar refractivity (Wildman–Crippen MR) is 71.1 cm³/mol. The first-order valence-corrected chi connectivity index (χ1v) is 6.38. The quantitative estimate of drug-likeness (QED) is 0.756. The minimum atomic E-state index is 0.559. The van der Waals surface area contributed by atoms with Crippen LogP contribution in [0.4, 0.5) is 11.4 Å². The molecule has 0 aromatic heterocycles. The molecule has 0 radical (unpaired) electrons. The van der Waals surface area contributed by atoms with Gasteiger partial charge in [-0.2, -0.15) is 0 Å². The number of anilines is 2. The highest BCUT2D eigenvalue weighted by molar-refractivity contribution is 6.31. The van der Waals surface area contributed by atoms with Crippen LogP contribution in [0.15, 0.2) is 18.2 Å². The second kappa shape index (κ2) is 4.96. The number of hydrogen-bond acceptors (Lipinski definition) is 2. The van der Waals surface area contributed by atoms with E-state index in [0.29, 0.717) is 6.04 Å². The van der Waals surface area contributed by atoms with Gasteiger partial charge < -0.3 is 10.6 Å². The summed E-state index contributed by atoms with van der Waals surface area (Å²) >= 11 is 6.04. The molecule has 1 aliphatic heterocycles. The molecule has 1 aliphatic rings. The number of nitrogen functional groups attached to an aromatic ring is 1. The van der Waals surface area contributed by atoms with E-state index in [2.05, 4.69) is 11.8 Å². The molecule has 0 aliphatic carbocycles. The standard InChI is InChI=1S/C13H19ClN2/c1-10-5-3-2-4-8-16(10)13-9-11(14)6-7-12(13)15/h6-7,9-10H,2-5,8,15H2,1H3. The molecule has 2 N–H and O–H groups in total. The van der Waals surface area contributed by atoms with Gasteiger partial charge in [-0.05, 0) is 38.0 Å². The van der Waals surface area contributed by atoms with Crippen molar-refractivity contribution in [1.82, 2.24) is 0 Å². The molecule has 3 heteroatoms. The molecule has 0 spiro atoms. The molecule has 1 aromatic rings. The van der Waals surface area contributed by atoms with E-state index in [1.807, 2.05) is 18.2 Å². The highest BCUT2D eigenvalue weighted by atomic mass is 35.5. The molecule has 0 bridgehead atoms. The molecule has 1 saturated heterocycles. The molecular weight excluding hydrogens is 220 g/mol. The Kier molecular flexibility index (Phi) is 3.59. The van der Waals surface area contributed by atoms with Crippen molar-refractivity contribution in [2.75, 3.05) is 17.2 Å². The van der Waals surface area contributed by atoms with Crippen LogP contribution >= 0.6 is 11.6 Å². The van der Waals surface area contributed by atoms with Crippen LogP contribution in [0.25, 0.3) is 0 Å². The Labute approximate surface area is 102 Å². The van der Waals surface area contributed by atoms with Crippen LogP contribution in [0.5, 0.6) is 0 Å². The van der Waals surface area contributed by atoms with E-state index in [-0.39, 0.29) is 0 Å². The van der Waals surface area contributed by atoms with E-state index in [1.165, 1.54) is 25.7 Å². The molecule has 16 heavy (non-hydrogen) atoms. The normalized spacial score (nSPS) is 21.9.